The zero-order chi connectivity index (χ0) is 24.3. The molecular formula is C24H20F3N5O2. The first-order valence-electron chi connectivity index (χ1n) is 10.3. The highest BCUT2D eigenvalue weighted by molar-refractivity contribution is 5.94. The molecule has 0 fully saturated rings. The SMILES string of the molecule is CNC(=O)c1ccc(-c2ccn3c(-c4cccc(NC(=O)NCC(F)(F)F)c4)cnc3c2)cc1. The Hall–Kier alpha value is -4.34. The molecule has 0 aliphatic carbocycles. The average molecular weight is 467 g/mol. The Kier molecular flexibility index (Phi) is 6.22. The lowest BCUT2D eigenvalue weighted by atomic mass is 10.0. The number of amides is 3. The van der Waals surface area contributed by atoms with Crippen LogP contribution in [0.4, 0.5) is 23.7 Å². The van der Waals surface area contributed by atoms with Crippen LogP contribution < -0.4 is 16.0 Å². The number of carbonyl (C=O) groups is 2. The van der Waals surface area contributed by atoms with Crippen LogP contribution in [0.25, 0.3) is 28.0 Å². The second-order valence-electron chi connectivity index (χ2n) is 7.45. The Bertz CT molecular complexity index is 1350. The summed E-state index contributed by atoms with van der Waals surface area (Å²) < 4.78 is 38.7. The van der Waals surface area contributed by atoms with Gasteiger partial charge in [0.05, 0.1) is 11.9 Å². The molecule has 0 radical (unpaired) electrons. The summed E-state index contributed by atoms with van der Waals surface area (Å²) in [6.45, 7) is -1.41. The van der Waals surface area contributed by atoms with Crippen LogP contribution in [-0.2, 0) is 0 Å². The molecule has 3 N–H and O–H groups in total. The van der Waals surface area contributed by atoms with Gasteiger partial charge in [0, 0.05) is 30.1 Å². The lowest BCUT2D eigenvalue weighted by Gasteiger charge is -2.11. The van der Waals surface area contributed by atoms with Crippen LogP contribution in [0.5, 0.6) is 0 Å². The topological polar surface area (TPSA) is 87.5 Å². The van der Waals surface area contributed by atoms with Crippen LogP contribution in [0, 0.1) is 0 Å². The molecule has 0 bridgehead atoms. The molecular weight excluding hydrogens is 447 g/mol. The fourth-order valence-corrected chi connectivity index (χ4v) is 3.44. The van der Waals surface area contributed by atoms with Gasteiger partial charge in [-0.2, -0.15) is 13.2 Å². The number of rotatable bonds is 5. The minimum atomic E-state index is -4.49. The molecule has 4 rings (SSSR count). The Morgan fingerprint density at radius 2 is 1.74 bits per heavy atom. The molecule has 2 aromatic carbocycles. The Balaban J connectivity index is 1.55. The molecule has 7 nitrogen and oxygen atoms in total. The summed E-state index contributed by atoms with van der Waals surface area (Å²) in [5.74, 6) is -0.158. The highest BCUT2D eigenvalue weighted by Crippen LogP contribution is 2.27. The third-order valence-corrected chi connectivity index (χ3v) is 5.09. The number of anilines is 1. The second-order valence-corrected chi connectivity index (χ2v) is 7.45. The van der Waals surface area contributed by atoms with Gasteiger partial charge in [-0.3, -0.25) is 9.20 Å². The van der Waals surface area contributed by atoms with Crippen molar-refractivity contribution in [2.75, 3.05) is 18.9 Å². The van der Waals surface area contributed by atoms with Gasteiger partial charge in [-0.25, -0.2) is 9.78 Å². The summed E-state index contributed by atoms with van der Waals surface area (Å²) in [5.41, 5.74) is 4.92. The third kappa shape index (κ3) is 5.17. The molecule has 0 atom stereocenters. The number of benzene rings is 2. The van der Waals surface area contributed by atoms with Gasteiger partial charge >= 0.3 is 12.2 Å². The number of urea groups is 1. The summed E-state index contributed by atoms with van der Waals surface area (Å²) >= 11 is 0. The summed E-state index contributed by atoms with van der Waals surface area (Å²) in [7, 11) is 1.58. The minimum absolute atomic E-state index is 0.158. The molecule has 2 heterocycles. The van der Waals surface area contributed by atoms with Crippen molar-refractivity contribution in [3.8, 4) is 22.4 Å². The van der Waals surface area contributed by atoms with Crippen molar-refractivity contribution in [3.05, 3.63) is 78.6 Å². The maximum atomic E-state index is 12.3. The van der Waals surface area contributed by atoms with Crippen LogP contribution >= 0.6 is 0 Å². The zero-order valence-corrected chi connectivity index (χ0v) is 18.0. The molecule has 34 heavy (non-hydrogen) atoms. The summed E-state index contributed by atoms with van der Waals surface area (Å²) in [6, 6.07) is 16.8. The highest BCUT2D eigenvalue weighted by Gasteiger charge is 2.27. The van der Waals surface area contributed by atoms with E-state index in [9.17, 15) is 22.8 Å². The maximum absolute atomic E-state index is 12.3. The number of pyridine rings is 1. The van der Waals surface area contributed by atoms with E-state index in [1.54, 1.807) is 48.9 Å². The van der Waals surface area contributed by atoms with Crippen LogP contribution in [-0.4, -0.2) is 41.1 Å². The van der Waals surface area contributed by atoms with Crippen LogP contribution in [0.2, 0.25) is 0 Å². The molecule has 2 aromatic heterocycles. The van der Waals surface area contributed by atoms with E-state index in [1.807, 2.05) is 40.9 Å². The normalized spacial score (nSPS) is 11.3. The largest absolute Gasteiger partial charge is 0.405 e. The van der Waals surface area contributed by atoms with Crippen LogP contribution in [0.15, 0.2) is 73.1 Å². The fourth-order valence-electron chi connectivity index (χ4n) is 3.44. The van der Waals surface area contributed by atoms with Crippen molar-refractivity contribution in [1.29, 1.82) is 0 Å². The lowest BCUT2D eigenvalue weighted by molar-refractivity contribution is -0.122. The van der Waals surface area contributed by atoms with Gasteiger partial charge in [0.2, 0.25) is 0 Å². The van der Waals surface area contributed by atoms with Gasteiger partial charge in [0.25, 0.3) is 5.91 Å². The average Bonchev–Trinajstić information content (AvgIpc) is 3.25. The second kappa shape index (κ2) is 9.26. The van der Waals surface area contributed by atoms with Crippen molar-refractivity contribution in [2.45, 2.75) is 6.18 Å². The van der Waals surface area contributed by atoms with Crippen LogP contribution in [0.1, 0.15) is 10.4 Å². The number of alkyl halides is 3. The maximum Gasteiger partial charge on any atom is 0.405 e. The fraction of sp³-hybridized carbons (Fsp3) is 0.125. The minimum Gasteiger partial charge on any atom is -0.355 e. The monoisotopic (exact) mass is 467 g/mol. The number of imidazole rings is 1. The van der Waals surface area contributed by atoms with Gasteiger partial charge < -0.3 is 16.0 Å². The predicted octanol–water partition coefficient (Wildman–Crippen LogP) is 4.71. The summed E-state index contributed by atoms with van der Waals surface area (Å²) in [5, 5.41) is 6.76. The highest BCUT2D eigenvalue weighted by atomic mass is 19.4. The molecule has 0 spiro atoms. The van der Waals surface area contributed by atoms with Crippen molar-refractivity contribution in [2.24, 2.45) is 0 Å². The van der Waals surface area contributed by atoms with Crippen molar-refractivity contribution >= 4 is 23.3 Å². The molecule has 10 heteroatoms. The lowest BCUT2D eigenvalue weighted by Crippen LogP contribution is -2.36. The van der Waals surface area contributed by atoms with E-state index in [0.29, 0.717) is 16.9 Å². The van der Waals surface area contributed by atoms with Crippen LogP contribution in [0.3, 0.4) is 0 Å². The van der Waals surface area contributed by atoms with E-state index in [0.717, 1.165) is 22.4 Å². The first-order chi connectivity index (χ1) is 16.2. The number of nitrogens with zero attached hydrogens (tertiary/aromatic N) is 2. The van der Waals surface area contributed by atoms with E-state index in [-0.39, 0.29) is 5.91 Å². The number of fused-ring (bicyclic) bond motifs is 1. The molecule has 0 saturated heterocycles. The first-order valence-corrected chi connectivity index (χ1v) is 10.3. The third-order valence-electron chi connectivity index (χ3n) is 5.09. The Labute approximate surface area is 192 Å². The van der Waals surface area contributed by atoms with E-state index in [4.69, 9.17) is 0 Å². The van der Waals surface area contributed by atoms with E-state index in [2.05, 4.69) is 15.6 Å². The molecule has 4 aromatic rings. The Morgan fingerprint density at radius 3 is 2.44 bits per heavy atom. The number of nitrogens with one attached hydrogen (secondary N) is 3. The number of halogens is 3. The Morgan fingerprint density at radius 1 is 0.971 bits per heavy atom. The molecule has 0 aliphatic rings. The molecule has 174 valence electrons. The van der Waals surface area contributed by atoms with E-state index < -0.39 is 18.8 Å². The summed E-state index contributed by atoms with van der Waals surface area (Å²) in [4.78, 5) is 27.9. The number of carbonyl (C=O) groups excluding carboxylic acids is 2. The molecule has 0 aliphatic heterocycles. The number of hydrogen-bond acceptors (Lipinski definition) is 3. The first kappa shape index (κ1) is 22.8. The van der Waals surface area contributed by atoms with Crippen molar-refractivity contribution in [3.63, 3.8) is 0 Å². The number of aromatic nitrogens is 2. The van der Waals surface area contributed by atoms with Gasteiger partial charge in [-0.1, -0.05) is 24.3 Å². The molecule has 3 amide bonds. The predicted molar refractivity (Wildman–Crippen MR) is 123 cm³/mol. The molecule has 0 saturated carbocycles. The quantitative estimate of drug-likeness (QED) is 0.397. The van der Waals surface area contributed by atoms with E-state index >= 15 is 0 Å². The molecule has 0 unspecified atom stereocenters. The summed E-state index contributed by atoms with van der Waals surface area (Å²) in [6.07, 6.45) is -0.951. The van der Waals surface area contributed by atoms with Gasteiger partial charge in [-0.05, 0) is 47.5 Å². The standard InChI is InChI=1S/C24H20F3N5O2/c1-28-22(33)16-7-5-15(6-8-16)17-9-10-32-20(13-29-21(32)12-17)18-3-2-4-19(11-18)31-23(34)30-14-24(25,26)27/h2-13H,14H2,1H3,(H,28,33)(H2,30,31,34). The number of hydrogen-bond donors (Lipinski definition) is 3. The van der Waals surface area contributed by atoms with Gasteiger partial charge in [0.1, 0.15) is 12.2 Å². The van der Waals surface area contributed by atoms with Crippen molar-refractivity contribution < 1.29 is 22.8 Å². The van der Waals surface area contributed by atoms with Gasteiger partial charge in [0.15, 0.2) is 0 Å². The zero-order valence-electron chi connectivity index (χ0n) is 18.0. The van der Waals surface area contributed by atoms with Gasteiger partial charge in [-0.15, -0.1) is 0 Å². The van der Waals surface area contributed by atoms with Crippen molar-refractivity contribution in [1.82, 2.24) is 20.0 Å². The smallest absolute Gasteiger partial charge is 0.355 e. The van der Waals surface area contributed by atoms with E-state index in [1.165, 1.54) is 0 Å².